The third-order valence-corrected chi connectivity index (χ3v) is 4.69. The summed E-state index contributed by atoms with van der Waals surface area (Å²) in [5.41, 5.74) is 1.43. The Bertz CT molecular complexity index is 757. The molecule has 0 bridgehead atoms. The van der Waals surface area contributed by atoms with Crippen LogP contribution in [-0.4, -0.2) is 36.5 Å². The van der Waals surface area contributed by atoms with Crippen molar-refractivity contribution in [3.8, 4) is 0 Å². The minimum Gasteiger partial charge on any atom is -0.619 e. The Morgan fingerprint density at radius 2 is 1.78 bits per heavy atom. The minimum atomic E-state index is -0.295. The van der Waals surface area contributed by atoms with Crippen LogP contribution in [0, 0.1) is 11.1 Å². The molecule has 1 fully saturated rings. The van der Waals surface area contributed by atoms with E-state index < -0.39 is 0 Å². The predicted octanol–water partition coefficient (Wildman–Crippen LogP) is 2.10. The number of hydrogen-bond donors (Lipinski definition) is 1. The highest BCUT2D eigenvalue weighted by Gasteiger charge is 2.24. The first kappa shape index (κ1) is 18.7. The van der Waals surface area contributed by atoms with Gasteiger partial charge in [-0.25, -0.2) is 4.79 Å². The first-order valence-electron chi connectivity index (χ1n) is 9.04. The monoisotopic (exact) mass is 369 g/mol. The standard InChI is InChI=1S/C20H23N3O4/c24-19(18-8-12-23(26)13-9-18)21-14-16-6-10-22(11-7-16)20(25)27-15-17-4-2-1-3-5-17/h1-5,8-9,12-13,16H,6-7,10-11,14-15H2,(H,21,24). The van der Waals surface area contributed by atoms with Crippen molar-refractivity contribution in [3.63, 3.8) is 0 Å². The zero-order chi connectivity index (χ0) is 19.1. The molecular weight excluding hydrogens is 346 g/mol. The van der Waals surface area contributed by atoms with Crippen LogP contribution in [0.1, 0.15) is 28.8 Å². The van der Waals surface area contributed by atoms with E-state index in [1.807, 2.05) is 30.3 Å². The van der Waals surface area contributed by atoms with Crippen molar-refractivity contribution < 1.29 is 19.1 Å². The second kappa shape index (κ2) is 9.02. The minimum absolute atomic E-state index is 0.194. The summed E-state index contributed by atoms with van der Waals surface area (Å²) < 4.78 is 6.00. The molecule has 0 atom stereocenters. The number of carbonyl (C=O) groups is 2. The largest absolute Gasteiger partial charge is 0.619 e. The number of likely N-dealkylation sites (tertiary alicyclic amines) is 1. The fraction of sp³-hybridized carbons (Fsp3) is 0.350. The van der Waals surface area contributed by atoms with Gasteiger partial charge in [0, 0.05) is 31.8 Å². The SMILES string of the molecule is O=C(NCC1CCN(C(=O)OCc2ccccc2)CC1)c1cc[n+]([O-])cc1. The number of piperidine rings is 1. The molecule has 1 N–H and O–H groups in total. The van der Waals surface area contributed by atoms with Gasteiger partial charge in [0.2, 0.25) is 0 Å². The summed E-state index contributed by atoms with van der Waals surface area (Å²) in [4.78, 5) is 26.0. The van der Waals surface area contributed by atoms with Crippen molar-refractivity contribution in [2.75, 3.05) is 19.6 Å². The second-order valence-corrected chi connectivity index (χ2v) is 6.63. The maximum Gasteiger partial charge on any atom is 0.410 e. The molecular formula is C20H23N3O4. The van der Waals surface area contributed by atoms with Crippen LogP contribution in [-0.2, 0) is 11.3 Å². The number of carbonyl (C=O) groups excluding carboxylic acids is 2. The molecule has 3 rings (SSSR count). The van der Waals surface area contributed by atoms with Gasteiger partial charge in [0.25, 0.3) is 5.91 Å². The summed E-state index contributed by atoms with van der Waals surface area (Å²) >= 11 is 0. The van der Waals surface area contributed by atoms with Crippen molar-refractivity contribution in [3.05, 3.63) is 71.2 Å². The van der Waals surface area contributed by atoms with E-state index in [9.17, 15) is 14.8 Å². The van der Waals surface area contributed by atoms with Crippen LogP contribution in [0.2, 0.25) is 0 Å². The molecule has 1 aliphatic heterocycles. The van der Waals surface area contributed by atoms with Gasteiger partial charge in [0.1, 0.15) is 6.61 Å². The Hall–Kier alpha value is -3.09. The molecule has 1 saturated heterocycles. The summed E-state index contributed by atoms with van der Waals surface area (Å²) in [5.74, 6) is 0.126. The van der Waals surface area contributed by atoms with Gasteiger partial charge in [-0.2, -0.15) is 4.73 Å². The van der Waals surface area contributed by atoms with Crippen LogP contribution in [0.4, 0.5) is 4.79 Å². The van der Waals surface area contributed by atoms with E-state index in [0.717, 1.165) is 18.4 Å². The van der Waals surface area contributed by atoms with Crippen LogP contribution < -0.4 is 10.0 Å². The van der Waals surface area contributed by atoms with Gasteiger partial charge >= 0.3 is 6.09 Å². The van der Waals surface area contributed by atoms with Gasteiger partial charge in [-0.15, -0.1) is 0 Å². The van der Waals surface area contributed by atoms with Crippen molar-refractivity contribution in [2.45, 2.75) is 19.4 Å². The molecule has 142 valence electrons. The van der Waals surface area contributed by atoms with E-state index in [-0.39, 0.29) is 18.6 Å². The number of ether oxygens (including phenoxy) is 1. The summed E-state index contributed by atoms with van der Waals surface area (Å²) in [6.07, 6.45) is 3.94. The molecule has 27 heavy (non-hydrogen) atoms. The molecule has 7 nitrogen and oxygen atoms in total. The molecule has 0 spiro atoms. The quantitative estimate of drug-likeness (QED) is 0.646. The van der Waals surface area contributed by atoms with Gasteiger partial charge in [-0.05, 0) is 24.3 Å². The maximum atomic E-state index is 12.2. The lowest BCUT2D eigenvalue weighted by Crippen LogP contribution is -2.41. The van der Waals surface area contributed by atoms with Gasteiger partial charge in [-0.1, -0.05) is 30.3 Å². The van der Waals surface area contributed by atoms with Crippen LogP contribution in [0.15, 0.2) is 54.9 Å². The molecule has 0 unspecified atom stereocenters. The van der Waals surface area contributed by atoms with E-state index in [1.165, 1.54) is 24.5 Å². The topological polar surface area (TPSA) is 85.6 Å². The Morgan fingerprint density at radius 1 is 1.11 bits per heavy atom. The third-order valence-electron chi connectivity index (χ3n) is 4.69. The van der Waals surface area contributed by atoms with Gasteiger partial charge < -0.3 is 20.2 Å². The number of amides is 2. The van der Waals surface area contributed by atoms with Gasteiger partial charge in [0.05, 0.1) is 5.56 Å². The number of rotatable bonds is 5. The second-order valence-electron chi connectivity index (χ2n) is 6.63. The first-order chi connectivity index (χ1) is 13.1. The number of aromatic nitrogens is 1. The summed E-state index contributed by atoms with van der Waals surface area (Å²) in [6.45, 7) is 2.07. The average molecular weight is 369 g/mol. The molecule has 7 heteroatoms. The molecule has 2 heterocycles. The zero-order valence-corrected chi connectivity index (χ0v) is 15.0. The van der Waals surface area contributed by atoms with Crippen LogP contribution in [0.25, 0.3) is 0 Å². The number of pyridine rings is 1. The lowest BCUT2D eigenvalue weighted by Gasteiger charge is -2.31. The highest BCUT2D eigenvalue weighted by molar-refractivity contribution is 5.93. The highest BCUT2D eigenvalue weighted by atomic mass is 16.6. The van der Waals surface area contributed by atoms with Crippen molar-refractivity contribution in [1.29, 1.82) is 0 Å². The number of nitrogens with zero attached hydrogens (tertiary/aromatic N) is 2. The van der Waals surface area contributed by atoms with Gasteiger partial charge in [-0.3, -0.25) is 4.79 Å². The average Bonchev–Trinajstić information content (AvgIpc) is 2.72. The molecule has 1 aliphatic rings. The smallest absolute Gasteiger partial charge is 0.410 e. The predicted molar refractivity (Wildman–Crippen MR) is 98.7 cm³/mol. The summed E-state index contributed by atoms with van der Waals surface area (Å²) in [6, 6.07) is 12.6. The van der Waals surface area contributed by atoms with Crippen molar-refractivity contribution >= 4 is 12.0 Å². The Balaban J connectivity index is 1.37. The third kappa shape index (κ3) is 5.44. The normalized spacial score (nSPS) is 14.6. The molecule has 1 aromatic carbocycles. The summed E-state index contributed by atoms with van der Waals surface area (Å²) in [7, 11) is 0. The van der Waals surface area contributed by atoms with E-state index >= 15 is 0 Å². The fourth-order valence-corrected chi connectivity index (χ4v) is 3.03. The summed E-state index contributed by atoms with van der Waals surface area (Å²) in [5, 5.41) is 13.9. The van der Waals surface area contributed by atoms with E-state index in [4.69, 9.17) is 4.74 Å². The Kier molecular flexibility index (Phi) is 6.25. The van der Waals surface area contributed by atoms with Crippen molar-refractivity contribution in [2.24, 2.45) is 5.92 Å². The zero-order valence-electron chi connectivity index (χ0n) is 15.0. The number of nitrogens with one attached hydrogen (secondary N) is 1. The number of hydrogen-bond acceptors (Lipinski definition) is 4. The molecule has 0 radical (unpaired) electrons. The maximum absolute atomic E-state index is 12.2. The molecule has 0 aliphatic carbocycles. The molecule has 0 saturated carbocycles. The van der Waals surface area contributed by atoms with Crippen molar-refractivity contribution in [1.82, 2.24) is 10.2 Å². The van der Waals surface area contributed by atoms with E-state index in [0.29, 0.717) is 35.8 Å². The van der Waals surface area contributed by atoms with E-state index in [2.05, 4.69) is 5.32 Å². The van der Waals surface area contributed by atoms with Crippen LogP contribution in [0.5, 0.6) is 0 Å². The Labute approximate surface area is 158 Å². The van der Waals surface area contributed by atoms with Gasteiger partial charge in [0.15, 0.2) is 12.4 Å². The fourth-order valence-electron chi connectivity index (χ4n) is 3.03. The molecule has 2 aromatic rings. The van der Waals surface area contributed by atoms with E-state index in [1.54, 1.807) is 4.90 Å². The lowest BCUT2D eigenvalue weighted by atomic mass is 9.97. The molecule has 1 aromatic heterocycles. The molecule has 2 amide bonds. The van der Waals surface area contributed by atoms with Crippen LogP contribution >= 0.6 is 0 Å². The first-order valence-corrected chi connectivity index (χ1v) is 9.04. The number of benzene rings is 1. The Morgan fingerprint density at radius 3 is 2.44 bits per heavy atom. The van der Waals surface area contributed by atoms with Crippen LogP contribution in [0.3, 0.4) is 0 Å². The highest BCUT2D eigenvalue weighted by Crippen LogP contribution is 2.17. The lowest BCUT2D eigenvalue weighted by molar-refractivity contribution is -0.605.